The molecule has 3 heteroatoms. The number of halogens is 1. The Labute approximate surface area is 94.8 Å². The van der Waals surface area contributed by atoms with E-state index in [1.54, 1.807) is 4.90 Å². The molecule has 2 rings (SSSR count). The fraction of sp³-hybridized carbons (Fsp3) is 0.417. The van der Waals surface area contributed by atoms with Crippen molar-refractivity contribution >= 4 is 17.5 Å². The Morgan fingerprint density at radius 2 is 2.27 bits per heavy atom. The average molecular weight is 224 g/mol. The van der Waals surface area contributed by atoms with Crippen molar-refractivity contribution in [2.45, 2.75) is 18.8 Å². The van der Waals surface area contributed by atoms with E-state index in [1.807, 2.05) is 25.2 Å². The summed E-state index contributed by atoms with van der Waals surface area (Å²) in [7, 11) is 1.86. The summed E-state index contributed by atoms with van der Waals surface area (Å²) in [5, 5.41) is 0.749. The van der Waals surface area contributed by atoms with Crippen molar-refractivity contribution in [3.8, 4) is 0 Å². The van der Waals surface area contributed by atoms with E-state index in [-0.39, 0.29) is 5.91 Å². The van der Waals surface area contributed by atoms with E-state index < -0.39 is 0 Å². The number of rotatable bonds is 1. The van der Waals surface area contributed by atoms with Gasteiger partial charge < -0.3 is 4.90 Å². The molecule has 0 radical (unpaired) electrons. The van der Waals surface area contributed by atoms with Crippen LogP contribution >= 0.6 is 11.6 Å². The van der Waals surface area contributed by atoms with Crippen LogP contribution in [0.15, 0.2) is 24.3 Å². The summed E-state index contributed by atoms with van der Waals surface area (Å²) >= 11 is 5.93. The summed E-state index contributed by atoms with van der Waals surface area (Å²) in [6, 6.07) is 7.82. The van der Waals surface area contributed by atoms with Crippen LogP contribution in [0.5, 0.6) is 0 Å². The highest BCUT2D eigenvalue weighted by atomic mass is 35.5. The Morgan fingerprint density at radius 1 is 1.47 bits per heavy atom. The SMILES string of the molecule is CN1CCC(c2cccc(Cl)c2)CC1=O. The van der Waals surface area contributed by atoms with Gasteiger partial charge in [-0.3, -0.25) is 4.79 Å². The van der Waals surface area contributed by atoms with Crippen LogP contribution in [-0.4, -0.2) is 24.4 Å². The Balaban J connectivity index is 2.15. The quantitative estimate of drug-likeness (QED) is 0.717. The highest BCUT2D eigenvalue weighted by Crippen LogP contribution is 2.29. The van der Waals surface area contributed by atoms with E-state index in [2.05, 4.69) is 6.07 Å². The van der Waals surface area contributed by atoms with E-state index in [4.69, 9.17) is 11.6 Å². The van der Waals surface area contributed by atoms with Gasteiger partial charge in [-0.2, -0.15) is 0 Å². The van der Waals surface area contributed by atoms with Gasteiger partial charge >= 0.3 is 0 Å². The lowest BCUT2D eigenvalue weighted by molar-refractivity contribution is -0.132. The third-order valence-corrected chi connectivity index (χ3v) is 3.21. The zero-order valence-corrected chi connectivity index (χ0v) is 9.50. The Morgan fingerprint density at radius 3 is 2.93 bits per heavy atom. The number of carbonyl (C=O) groups excluding carboxylic acids is 1. The van der Waals surface area contributed by atoms with Crippen LogP contribution in [0.25, 0.3) is 0 Å². The van der Waals surface area contributed by atoms with Gasteiger partial charge in [0, 0.05) is 25.0 Å². The maximum atomic E-state index is 11.6. The van der Waals surface area contributed by atoms with Crippen LogP contribution in [0.1, 0.15) is 24.3 Å². The second-order valence-corrected chi connectivity index (χ2v) is 4.50. The standard InChI is InChI=1S/C12H14ClNO/c1-14-6-5-10(8-12(14)15)9-3-2-4-11(13)7-9/h2-4,7,10H,5-6,8H2,1H3. The summed E-state index contributed by atoms with van der Waals surface area (Å²) in [6.45, 7) is 0.843. The van der Waals surface area contributed by atoms with Crippen LogP contribution in [0.2, 0.25) is 5.02 Å². The number of hydrogen-bond acceptors (Lipinski definition) is 1. The van der Waals surface area contributed by atoms with E-state index in [9.17, 15) is 4.79 Å². The normalized spacial score (nSPS) is 21.9. The summed E-state index contributed by atoms with van der Waals surface area (Å²) in [5.74, 6) is 0.568. The first-order valence-electron chi connectivity index (χ1n) is 5.16. The van der Waals surface area contributed by atoms with Crippen LogP contribution in [-0.2, 0) is 4.79 Å². The van der Waals surface area contributed by atoms with E-state index >= 15 is 0 Å². The van der Waals surface area contributed by atoms with E-state index in [1.165, 1.54) is 5.56 Å². The predicted octanol–water partition coefficient (Wildman–Crippen LogP) is 2.68. The molecular weight excluding hydrogens is 210 g/mol. The molecule has 1 aliphatic heterocycles. The molecule has 0 saturated carbocycles. The molecule has 1 aromatic rings. The zero-order valence-electron chi connectivity index (χ0n) is 8.74. The molecule has 1 aromatic carbocycles. The van der Waals surface area contributed by atoms with Crippen LogP contribution in [0, 0.1) is 0 Å². The molecule has 1 heterocycles. The lowest BCUT2D eigenvalue weighted by Crippen LogP contribution is -2.34. The molecule has 1 amide bonds. The zero-order chi connectivity index (χ0) is 10.8. The van der Waals surface area contributed by atoms with Gasteiger partial charge in [-0.15, -0.1) is 0 Å². The number of hydrogen-bond donors (Lipinski definition) is 0. The van der Waals surface area contributed by atoms with Gasteiger partial charge in [0.1, 0.15) is 0 Å². The second kappa shape index (κ2) is 4.23. The van der Waals surface area contributed by atoms with Gasteiger partial charge in [-0.05, 0) is 30.0 Å². The molecule has 1 unspecified atom stereocenters. The molecular formula is C12H14ClNO. The van der Waals surface area contributed by atoms with E-state index in [0.29, 0.717) is 12.3 Å². The highest BCUT2D eigenvalue weighted by molar-refractivity contribution is 6.30. The lowest BCUT2D eigenvalue weighted by atomic mass is 9.89. The van der Waals surface area contributed by atoms with Gasteiger partial charge in [0.25, 0.3) is 0 Å². The first-order chi connectivity index (χ1) is 7.16. The molecule has 0 spiro atoms. The minimum absolute atomic E-state index is 0.228. The fourth-order valence-electron chi connectivity index (χ4n) is 1.99. The fourth-order valence-corrected chi connectivity index (χ4v) is 2.19. The topological polar surface area (TPSA) is 20.3 Å². The largest absolute Gasteiger partial charge is 0.346 e. The Kier molecular flexibility index (Phi) is 2.96. The smallest absolute Gasteiger partial charge is 0.222 e. The second-order valence-electron chi connectivity index (χ2n) is 4.06. The van der Waals surface area contributed by atoms with Gasteiger partial charge in [-0.25, -0.2) is 0 Å². The van der Waals surface area contributed by atoms with Crippen molar-refractivity contribution < 1.29 is 4.79 Å². The summed E-state index contributed by atoms with van der Waals surface area (Å²) in [6.07, 6.45) is 1.64. The van der Waals surface area contributed by atoms with Crippen molar-refractivity contribution in [2.75, 3.05) is 13.6 Å². The van der Waals surface area contributed by atoms with E-state index in [0.717, 1.165) is 18.0 Å². The maximum absolute atomic E-state index is 11.6. The monoisotopic (exact) mass is 223 g/mol. The molecule has 0 bridgehead atoms. The molecule has 1 fully saturated rings. The predicted molar refractivity (Wildman–Crippen MR) is 61.1 cm³/mol. The molecule has 0 N–H and O–H groups in total. The van der Waals surface area contributed by atoms with Gasteiger partial charge in [0.2, 0.25) is 5.91 Å². The van der Waals surface area contributed by atoms with Crippen LogP contribution in [0.4, 0.5) is 0 Å². The average Bonchev–Trinajstić information content (AvgIpc) is 2.22. The lowest BCUT2D eigenvalue weighted by Gasteiger charge is -2.29. The summed E-state index contributed by atoms with van der Waals surface area (Å²) in [4.78, 5) is 13.3. The Hall–Kier alpha value is -1.02. The van der Waals surface area contributed by atoms with Gasteiger partial charge in [0.05, 0.1) is 0 Å². The number of piperidine rings is 1. The minimum atomic E-state index is 0.228. The number of amides is 1. The third kappa shape index (κ3) is 2.32. The van der Waals surface area contributed by atoms with Gasteiger partial charge in [-0.1, -0.05) is 23.7 Å². The molecule has 0 aliphatic carbocycles. The van der Waals surface area contributed by atoms with Crippen molar-refractivity contribution in [2.24, 2.45) is 0 Å². The summed E-state index contributed by atoms with van der Waals surface area (Å²) in [5.41, 5.74) is 1.18. The van der Waals surface area contributed by atoms with Crippen molar-refractivity contribution in [1.82, 2.24) is 4.90 Å². The van der Waals surface area contributed by atoms with Crippen LogP contribution in [0.3, 0.4) is 0 Å². The molecule has 1 aliphatic rings. The number of carbonyl (C=O) groups is 1. The molecule has 1 saturated heterocycles. The maximum Gasteiger partial charge on any atom is 0.222 e. The molecule has 1 atom stereocenters. The van der Waals surface area contributed by atoms with Gasteiger partial charge in [0.15, 0.2) is 0 Å². The molecule has 2 nitrogen and oxygen atoms in total. The highest BCUT2D eigenvalue weighted by Gasteiger charge is 2.24. The minimum Gasteiger partial charge on any atom is -0.346 e. The third-order valence-electron chi connectivity index (χ3n) is 2.98. The molecule has 15 heavy (non-hydrogen) atoms. The molecule has 0 aromatic heterocycles. The van der Waals surface area contributed by atoms with Crippen LogP contribution < -0.4 is 0 Å². The van der Waals surface area contributed by atoms with Crippen molar-refractivity contribution in [1.29, 1.82) is 0 Å². The first kappa shape index (κ1) is 10.5. The Bertz CT molecular complexity index is 378. The van der Waals surface area contributed by atoms with Crippen molar-refractivity contribution in [3.05, 3.63) is 34.9 Å². The first-order valence-corrected chi connectivity index (χ1v) is 5.54. The number of likely N-dealkylation sites (tertiary alicyclic amines) is 1. The number of benzene rings is 1. The summed E-state index contributed by atoms with van der Waals surface area (Å²) < 4.78 is 0. The molecule has 80 valence electrons. The van der Waals surface area contributed by atoms with Crippen molar-refractivity contribution in [3.63, 3.8) is 0 Å². The number of nitrogens with zero attached hydrogens (tertiary/aromatic N) is 1.